The van der Waals surface area contributed by atoms with Crippen molar-refractivity contribution in [1.29, 1.82) is 0 Å². The number of nitrogens with one attached hydrogen (secondary N) is 1. The highest BCUT2D eigenvalue weighted by molar-refractivity contribution is 6.17. The number of aliphatic hydroxyl groups excluding tert-OH is 1. The first-order chi connectivity index (χ1) is 13.1. The van der Waals surface area contributed by atoms with Crippen LogP contribution < -0.4 is 5.32 Å². The first-order valence-corrected chi connectivity index (χ1v) is 8.44. The summed E-state index contributed by atoms with van der Waals surface area (Å²) in [6, 6.07) is 11.2. The van der Waals surface area contributed by atoms with Crippen LogP contribution in [0, 0.1) is 6.92 Å². The van der Waals surface area contributed by atoms with Crippen molar-refractivity contribution in [2.75, 3.05) is 18.5 Å². The number of hydrogen-bond acceptors (Lipinski definition) is 6. The molecule has 0 saturated heterocycles. The van der Waals surface area contributed by atoms with E-state index in [0.717, 1.165) is 27.5 Å². The van der Waals surface area contributed by atoms with Crippen LogP contribution in [0.1, 0.15) is 5.69 Å². The van der Waals surface area contributed by atoms with E-state index in [1.807, 2.05) is 43.3 Å². The van der Waals surface area contributed by atoms with Gasteiger partial charge in [0.05, 0.1) is 24.5 Å². The second-order valence-corrected chi connectivity index (χ2v) is 6.17. The Balaban J connectivity index is 1.65. The zero-order chi connectivity index (χ0) is 19.0. The molecular formula is C19H17N5O3. The van der Waals surface area contributed by atoms with Crippen LogP contribution in [-0.4, -0.2) is 49.6 Å². The Morgan fingerprint density at radius 1 is 1.19 bits per heavy atom. The Kier molecular flexibility index (Phi) is 4.17. The molecule has 2 N–H and O–H groups in total. The van der Waals surface area contributed by atoms with Crippen LogP contribution in [0.5, 0.6) is 0 Å². The summed E-state index contributed by atoms with van der Waals surface area (Å²) in [5.41, 5.74) is 4.22. The number of aryl methyl sites for hydroxylation is 1. The van der Waals surface area contributed by atoms with Gasteiger partial charge < -0.3 is 10.4 Å². The van der Waals surface area contributed by atoms with Gasteiger partial charge in [0.15, 0.2) is 5.65 Å². The highest BCUT2D eigenvalue weighted by atomic mass is 16.3. The van der Waals surface area contributed by atoms with Gasteiger partial charge in [-0.25, -0.2) is 9.50 Å². The van der Waals surface area contributed by atoms with Crippen LogP contribution in [0.2, 0.25) is 0 Å². The molecular weight excluding hydrogens is 346 g/mol. The lowest BCUT2D eigenvalue weighted by atomic mass is 10.1. The van der Waals surface area contributed by atoms with Crippen molar-refractivity contribution < 1.29 is 14.7 Å². The van der Waals surface area contributed by atoms with Crippen LogP contribution >= 0.6 is 0 Å². The van der Waals surface area contributed by atoms with E-state index >= 15 is 0 Å². The molecule has 0 bridgehead atoms. The number of aliphatic hydroxyl groups is 1. The van der Waals surface area contributed by atoms with Gasteiger partial charge in [0.25, 0.3) is 11.8 Å². The molecule has 0 fully saturated rings. The van der Waals surface area contributed by atoms with E-state index in [1.165, 1.54) is 6.08 Å². The average Bonchev–Trinajstić information content (AvgIpc) is 3.16. The van der Waals surface area contributed by atoms with E-state index in [0.29, 0.717) is 5.69 Å². The van der Waals surface area contributed by atoms with Crippen molar-refractivity contribution in [2.45, 2.75) is 6.92 Å². The summed E-state index contributed by atoms with van der Waals surface area (Å²) in [5, 5.41) is 16.4. The number of carbonyl (C=O) groups is 2. The summed E-state index contributed by atoms with van der Waals surface area (Å²) in [4.78, 5) is 29.5. The molecule has 4 rings (SSSR count). The van der Waals surface area contributed by atoms with Gasteiger partial charge in [-0.2, -0.15) is 5.10 Å². The van der Waals surface area contributed by atoms with Gasteiger partial charge in [-0.15, -0.1) is 0 Å². The molecule has 0 atom stereocenters. The number of amides is 2. The molecule has 1 aromatic carbocycles. The van der Waals surface area contributed by atoms with E-state index in [-0.39, 0.29) is 18.8 Å². The molecule has 0 aliphatic carbocycles. The predicted octanol–water partition coefficient (Wildman–Crippen LogP) is 1.36. The minimum absolute atomic E-state index is 0.0208. The number of carbonyl (C=O) groups excluding carboxylic acids is 2. The monoisotopic (exact) mass is 363 g/mol. The number of imide groups is 1. The fourth-order valence-corrected chi connectivity index (χ4v) is 3.05. The third kappa shape index (κ3) is 3.06. The molecule has 2 amide bonds. The fourth-order valence-electron chi connectivity index (χ4n) is 3.05. The lowest BCUT2D eigenvalue weighted by Gasteiger charge is -2.14. The van der Waals surface area contributed by atoms with Gasteiger partial charge in [0.1, 0.15) is 5.70 Å². The molecule has 8 heteroatoms. The Morgan fingerprint density at radius 2 is 2.04 bits per heavy atom. The predicted molar refractivity (Wildman–Crippen MR) is 98.7 cm³/mol. The first-order valence-electron chi connectivity index (χ1n) is 8.44. The maximum atomic E-state index is 12.3. The van der Waals surface area contributed by atoms with Crippen LogP contribution in [0.4, 0.5) is 5.69 Å². The molecule has 1 aliphatic rings. The summed E-state index contributed by atoms with van der Waals surface area (Å²) in [6.45, 7) is 1.62. The quantitative estimate of drug-likeness (QED) is 0.664. The summed E-state index contributed by atoms with van der Waals surface area (Å²) in [6.07, 6.45) is 2.96. The summed E-state index contributed by atoms with van der Waals surface area (Å²) < 4.78 is 1.76. The SMILES string of the molecule is Cc1cc2nccc(-c3cccc(NC4=CC(=O)N(CCO)C4=O)c3)n2n1. The molecule has 0 unspecified atom stereocenters. The van der Waals surface area contributed by atoms with E-state index in [4.69, 9.17) is 5.11 Å². The average molecular weight is 363 g/mol. The fraction of sp³-hybridized carbons (Fsp3) is 0.158. The molecule has 0 saturated carbocycles. The minimum atomic E-state index is -0.451. The van der Waals surface area contributed by atoms with E-state index < -0.39 is 11.8 Å². The number of nitrogens with zero attached hydrogens (tertiary/aromatic N) is 4. The first kappa shape index (κ1) is 16.9. The van der Waals surface area contributed by atoms with Crippen LogP contribution in [0.25, 0.3) is 16.9 Å². The van der Waals surface area contributed by atoms with Gasteiger partial charge in [-0.05, 0) is 25.1 Å². The molecule has 8 nitrogen and oxygen atoms in total. The normalized spacial score (nSPS) is 14.1. The third-order valence-corrected chi connectivity index (χ3v) is 4.25. The van der Waals surface area contributed by atoms with E-state index in [9.17, 15) is 9.59 Å². The summed E-state index contributed by atoms with van der Waals surface area (Å²) in [5.74, 6) is -0.885. The molecule has 0 radical (unpaired) electrons. The maximum absolute atomic E-state index is 12.3. The van der Waals surface area contributed by atoms with Crippen molar-refractivity contribution in [1.82, 2.24) is 19.5 Å². The van der Waals surface area contributed by atoms with Gasteiger partial charge in [0.2, 0.25) is 0 Å². The van der Waals surface area contributed by atoms with E-state index in [2.05, 4.69) is 15.4 Å². The number of aromatic nitrogens is 3. The van der Waals surface area contributed by atoms with Crippen molar-refractivity contribution in [3.05, 3.63) is 60.1 Å². The van der Waals surface area contributed by atoms with Crippen molar-refractivity contribution in [3.63, 3.8) is 0 Å². The Bertz CT molecular complexity index is 1090. The highest BCUT2D eigenvalue weighted by Crippen LogP contribution is 2.25. The zero-order valence-corrected chi connectivity index (χ0v) is 14.6. The Labute approximate surface area is 154 Å². The van der Waals surface area contributed by atoms with Crippen LogP contribution in [0.3, 0.4) is 0 Å². The van der Waals surface area contributed by atoms with Gasteiger partial charge in [-0.3, -0.25) is 14.5 Å². The van der Waals surface area contributed by atoms with Gasteiger partial charge >= 0.3 is 0 Å². The topological polar surface area (TPSA) is 99.8 Å². The largest absolute Gasteiger partial charge is 0.395 e. The molecule has 3 heterocycles. The number of anilines is 1. The summed E-state index contributed by atoms with van der Waals surface area (Å²) in [7, 11) is 0. The third-order valence-electron chi connectivity index (χ3n) is 4.25. The summed E-state index contributed by atoms with van der Waals surface area (Å²) >= 11 is 0. The Hall–Kier alpha value is -3.52. The van der Waals surface area contributed by atoms with Crippen LogP contribution in [-0.2, 0) is 9.59 Å². The molecule has 136 valence electrons. The molecule has 3 aromatic rings. The standard InChI is InChI=1S/C19H17N5O3/c1-12-9-17-20-6-5-16(24(17)22-12)13-3-2-4-14(10-13)21-15-11-18(26)23(7-8-25)19(15)27/h2-6,9-11,21,25H,7-8H2,1H3. The van der Waals surface area contributed by atoms with Crippen molar-refractivity contribution in [3.8, 4) is 11.3 Å². The minimum Gasteiger partial charge on any atom is -0.395 e. The number of rotatable bonds is 5. The highest BCUT2D eigenvalue weighted by Gasteiger charge is 2.30. The van der Waals surface area contributed by atoms with Crippen molar-refractivity contribution >= 4 is 23.1 Å². The molecule has 0 spiro atoms. The van der Waals surface area contributed by atoms with Crippen molar-refractivity contribution in [2.24, 2.45) is 0 Å². The van der Waals surface area contributed by atoms with Gasteiger partial charge in [-0.1, -0.05) is 12.1 Å². The number of β-amino-alcohol motifs (C(OH)–C–C–N with tert-alkyl or cyclic N) is 1. The number of hydrogen-bond donors (Lipinski definition) is 2. The molecule has 2 aromatic heterocycles. The number of fused-ring (bicyclic) bond motifs is 1. The van der Waals surface area contributed by atoms with E-state index in [1.54, 1.807) is 10.7 Å². The zero-order valence-electron chi connectivity index (χ0n) is 14.6. The van der Waals surface area contributed by atoms with Gasteiger partial charge in [0, 0.05) is 29.6 Å². The lowest BCUT2D eigenvalue weighted by molar-refractivity contribution is -0.137. The number of benzene rings is 1. The lowest BCUT2D eigenvalue weighted by Crippen LogP contribution is -2.34. The molecule has 1 aliphatic heterocycles. The second-order valence-electron chi connectivity index (χ2n) is 6.17. The smallest absolute Gasteiger partial charge is 0.277 e. The molecule has 27 heavy (non-hydrogen) atoms. The second kappa shape index (κ2) is 6.65. The van der Waals surface area contributed by atoms with Crippen LogP contribution in [0.15, 0.2) is 54.4 Å². The maximum Gasteiger partial charge on any atom is 0.277 e. The Morgan fingerprint density at radius 3 is 2.85 bits per heavy atom.